The molecule has 1 aliphatic rings. The number of hydrogen-bond acceptors (Lipinski definition) is 3. The third-order valence-corrected chi connectivity index (χ3v) is 4.24. The van der Waals surface area contributed by atoms with Crippen molar-refractivity contribution in [3.8, 4) is 0 Å². The molecule has 1 aliphatic heterocycles. The van der Waals surface area contributed by atoms with E-state index in [1.54, 1.807) is 6.07 Å². The zero-order valence-electron chi connectivity index (χ0n) is 16.0. The summed E-state index contributed by atoms with van der Waals surface area (Å²) in [5.74, 6) is -0.517. The Hall–Kier alpha value is -1.00. The lowest BCUT2D eigenvalue weighted by Crippen LogP contribution is -2.38. The third kappa shape index (κ3) is 8.69. The van der Waals surface area contributed by atoms with Gasteiger partial charge in [-0.05, 0) is 44.4 Å². The number of halogens is 3. The van der Waals surface area contributed by atoms with Gasteiger partial charge in [0, 0.05) is 32.2 Å². The standard InChI is InChI=1S/C19H29F2N3O2.HI/c1-3-22-19(23-8-4-9-25-12-15-7-10-26-13-15)24-14(2)16-5-6-17(20)18(21)11-16;/h5-6,11,14-15H,3-4,7-10,12-13H2,1-2H3,(H2,22,23,24);1H. The Labute approximate surface area is 177 Å². The molecule has 2 atom stereocenters. The minimum Gasteiger partial charge on any atom is -0.381 e. The predicted molar refractivity (Wildman–Crippen MR) is 114 cm³/mol. The largest absolute Gasteiger partial charge is 0.381 e. The molecule has 2 rings (SSSR count). The highest BCUT2D eigenvalue weighted by Gasteiger charge is 2.15. The van der Waals surface area contributed by atoms with Gasteiger partial charge in [0.2, 0.25) is 0 Å². The van der Waals surface area contributed by atoms with Crippen LogP contribution in [0.25, 0.3) is 0 Å². The number of benzene rings is 1. The van der Waals surface area contributed by atoms with E-state index in [4.69, 9.17) is 9.47 Å². The number of hydrogen-bond donors (Lipinski definition) is 2. The molecular formula is C19H30F2IN3O2. The van der Waals surface area contributed by atoms with E-state index in [-0.39, 0.29) is 30.0 Å². The SMILES string of the molecule is CCNC(=NCCCOCC1CCOC1)NC(C)c1ccc(F)c(F)c1.I. The van der Waals surface area contributed by atoms with Gasteiger partial charge >= 0.3 is 0 Å². The fraction of sp³-hybridized carbons (Fsp3) is 0.632. The van der Waals surface area contributed by atoms with Gasteiger partial charge in [-0.25, -0.2) is 8.78 Å². The fourth-order valence-electron chi connectivity index (χ4n) is 2.71. The quantitative estimate of drug-likeness (QED) is 0.237. The van der Waals surface area contributed by atoms with Gasteiger partial charge in [0.15, 0.2) is 17.6 Å². The van der Waals surface area contributed by atoms with E-state index in [2.05, 4.69) is 15.6 Å². The summed E-state index contributed by atoms with van der Waals surface area (Å²) < 4.78 is 37.4. The van der Waals surface area contributed by atoms with Crippen LogP contribution in [-0.4, -0.2) is 45.5 Å². The molecule has 0 aromatic heterocycles. The van der Waals surface area contributed by atoms with Crippen molar-refractivity contribution in [2.75, 3.05) is 39.5 Å². The van der Waals surface area contributed by atoms with Gasteiger partial charge in [-0.15, -0.1) is 24.0 Å². The second-order valence-corrected chi connectivity index (χ2v) is 6.46. The van der Waals surface area contributed by atoms with Crippen LogP contribution in [0.15, 0.2) is 23.2 Å². The zero-order chi connectivity index (χ0) is 18.8. The summed E-state index contributed by atoms with van der Waals surface area (Å²) in [5.41, 5.74) is 0.664. The molecule has 0 bridgehead atoms. The lowest BCUT2D eigenvalue weighted by atomic mass is 10.1. The third-order valence-electron chi connectivity index (χ3n) is 4.24. The number of nitrogens with one attached hydrogen (secondary N) is 2. The monoisotopic (exact) mass is 497 g/mol. The maximum atomic E-state index is 13.4. The summed E-state index contributed by atoms with van der Waals surface area (Å²) in [6.45, 7) is 8.25. The van der Waals surface area contributed by atoms with Crippen molar-refractivity contribution in [1.29, 1.82) is 0 Å². The topological polar surface area (TPSA) is 54.9 Å². The van der Waals surface area contributed by atoms with Crippen molar-refractivity contribution in [2.45, 2.75) is 32.7 Å². The summed E-state index contributed by atoms with van der Waals surface area (Å²) in [6.07, 6.45) is 1.90. The van der Waals surface area contributed by atoms with Crippen molar-refractivity contribution in [3.63, 3.8) is 0 Å². The van der Waals surface area contributed by atoms with E-state index in [9.17, 15) is 8.78 Å². The maximum Gasteiger partial charge on any atom is 0.191 e. The molecule has 0 saturated carbocycles. The molecule has 0 spiro atoms. The Morgan fingerprint density at radius 1 is 1.37 bits per heavy atom. The van der Waals surface area contributed by atoms with Crippen molar-refractivity contribution in [2.24, 2.45) is 10.9 Å². The summed E-state index contributed by atoms with van der Waals surface area (Å²) in [6, 6.07) is 3.72. The van der Waals surface area contributed by atoms with Crippen molar-refractivity contribution >= 4 is 29.9 Å². The molecule has 0 amide bonds. The second-order valence-electron chi connectivity index (χ2n) is 6.46. The van der Waals surface area contributed by atoms with Crippen molar-refractivity contribution in [1.82, 2.24) is 10.6 Å². The predicted octanol–water partition coefficient (Wildman–Crippen LogP) is 3.64. The fourth-order valence-corrected chi connectivity index (χ4v) is 2.71. The molecule has 5 nitrogen and oxygen atoms in total. The van der Waals surface area contributed by atoms with Gasteiger partial charge in [-0.3, -0.25) is 4.99 Å². The van der Waals surface area contributed by atoms with Crippen molar-refractivity contribution < 1.29 is 18.3 Å². The molecule has 2 N–H and O–H groups in total. The van der Waals surface area contributed by atoms with Gasteiger partial charge < -0.3 is 20.1 Å². The van der Waals surface area contributed by atoms with Gasteiger partial charge in [0.25, 0.3) is 0 Å². The van der Waals surface area contributed by atoms with E-state index >= 15 is 0 Å². The minimum atomic E-state index is -0.845. The Bertz CT molecular complexity index is 584. The number of nitrogens with zero attached hydrogens (tertiary/aromatic N) is 1. The van der Waals surface area contributed by atoms with E-state index in [1.807, 2.05) is 13.8 Å². The Morgan fingerprint density at radius 3 is 2.85 bits per heavy atom. The summed E-state index contributed by atoms with van der Waals surface area (Å²) in [4.78, 5) is 4.51. The smallest absolute Gasteiger partial charge is 0.191 e. The number of ether oxygens (including phenoxy) is 2. The molecule has 2 unspecified atom stereocenters. The maximum absolute atomic E-state index is 13.4. The van der Waals surface area contributed by atoms with Crippen LogP contribution in [0.1, 0.15) is 38.3 Å². The van der Waals surface area contributed by atoms with Crippen LogP contribution in [0.2, 0.25) is 0 Å². The van der Waals surface area contributed by atoms with Gasteiger partial charge in [-0.1, -0.05) is 6.07 Å². The molecule has 1 heterocycles. The van der Waals surface area contributed by atoms with E-state index in [1.165, 1.54) is 6.07 Å². The molecule has 8 heteroatoms. The van der Waals surface area contributed by atoms with Crippen LogP contribution < -0.4 is 10.6 Å². The molecule has 1 saturated heterocycles. The highest BCUT2D eigenvalue weighted by atomic mass is 127. The molecule has 27 heavy (non-hydrogen) atoms. The molecule has 1 aromatic rings. The van der Waals surface area contributed by atoms with Crippen LogP contribution in [0.4, 0.5) is 8.78 Å². The van der Waals surface area contributed by atoms with Crippen molar-refractivity contribution in [3.05, 3.63) is 35.4 Å². The normalized spacial score (nSPS) is 18.1. The van der Waals surface area contributed by atoms with E-state index < -0.39 is 11.6 Å². The molecule has 1 aromatic carbocycles. The lowest BCUT2D eigenvalue weighted by molar-refractivity contribution is 0.0893. The number of rotatable bonds is 9. The van der Waals surface area contributed by atoms with Crippen LogP contribution in [0, 0.1) is 17.6 Å². The number of guanidine groups is 1. The molecule has 154 valence electrons. The van der Waals surface area contributed by atoms with E-state index in [0.717, 1.165) is 38.7 Å². The van der Waals surface area contributed by atoms with Gasteiger partial charge in [0.05, 0.1) is 19.3 Å². The van der Waals surface area contributed by atoms with Gasteiger partial charge in [-0.2, -0.15) is 0 Å². The summed E-state index contributed by atoms with van der Waals surface area (Å²) in [5, 5.41) is 6.37. The highest BCUT2D eigenvalue weighted by molar-refractivity contribution is 14.0. The first-order chi connectivity index (χ1) is 12.6. The lowest BCUT2D eigenvalue weighted by Gasteiger charge is -2.18. The first-order valence-electron chi connectivity index (χ1n) is 9.25. The number of aliphatic imine (C=N–C) groups is 1. The molecule has 0 radical (unpaired) electrons. The first kappa shape index (κ1) is 24.0. The molecule has 1 fully saturated rings. The van der Waals surface area contributed by atoms with Gasteiger partial charge in [0.1, 0.15) is 0 Å². The minimum absolute atomic E-state index is 0. The van der Waals surface area contributed by atoms with Crippen LogP contribution in [0.3, 0.4) is 0 Å². The highest BCUT2D eigenvalue weighted by Crippen LogP contribution is 2.16. The Kier molecular flexibility index (Phi) is 11.8. The summed E-state index contributed by atoms with van der Waals surface area (Å²) >= 11 is 0. The van der Waals surface area contributed by atoms with Crippen LogP contribution in [0.5, 0.6) is 0 Å². The average Bonchev–Trinajstić information content (AvgIpc) is 3.13. The van der Waals surface area contributed by atoms with E-state index in [0.29, 0.717) is 37.1 Å². The zero-order valence-corrected chi connectivity index (χ0v) is 18.3. The Morgan fingerprint density at radius 2 is 2.19 bits per heavy atom. The second kappa shape index (κ2) is 13.2. The Balaban J connectivity index is 0.00000364. The average molecular weight is 497 g/mol. The first-order valence-corrected chi connectivity index (χ1v) is 9.25. The van der Waals surface area contributed by atoms with Crippen LogP contribution in [-0.2, 0) is 9.47 Å². The molecule has 0 aliphatic carbocycles. The van der Waals surface area contributed by atoms with Crippen LogP contribution >= 0.6 is 24.0 Å². The summed E-state index contributed by atoms with van der Waals surface area (Å²) in [7, 11) is 0. The molecular weight excluding hydrogens is 467 g/mol.